The van der Waals surface area contributed by atoms with Gasteiger partial charge in [-0.3, -0.25) is 0 Å². The van der Waals surface area contributed by atoms with Gasteiger partial charge in [0.15, 0.2) is 0 Å². The van der Waals surface area contributed by atoms with Gasteiger partial charge in [0.25, 0.3) is 0 Å². The number of hydrogen-bond donors (Lipinski definition) is 0. The van der Waals surface area contributed by atoms with Crippen molar-refractivity contribution in [1.82, 2.24) is 0 Å². The fourth-order valence-electron chi connectivity index (χ4n) is 1.48. The summed E-state index contributed by atoms with van der Waals surface area (Å²) in [5.41, 5.74) is 0.387. The third kappa shape index (κ3) is 3.85. The minimum absolute atomic E-state index is 0.387. The molecular formula is C13H11FO3S. The molecule has 0 amide bonds. The molecule has 0 spiro atoms. The van der Waals surface area contributed by atoms with Crippen molar-refractivity contribution in [3.8, 4) is 11.5 Å². The Bertz CT molecular complexity index is 606. The number of hydrogen-bond acceptors (Lipinski definition) is 3. The van der Waals surface area contributed by atoms with Crippen molar-refractivity contribution in [2.45, 2.75) is 5.75 Å². The number of halogens is 1. The van der Waals surface area contributed by atoms with Gasteiger partial charge < -0.3 is 4.74 Å². The molecule has 0 bridgehead atoms. The molecular weight excluding hydrogens is 255 g/mol. The van der Waals surface area contributed by atoms with Crippen molar-refractivity contribution < 1.29 is 17.0 Å². The van der Waals surface area contributed by atoms with Crippen molar-refractivity contribution in [3.05, 3.63) is 60.2 Å². The van der Waals surface area contributed by atoms with Gasteiger partial charge in [0, 0.05) is 0 Å². The van der Waals surface area contributed by atoms with Gasteiger partial charge in [0.1, 0.15) is 17.3 Å². The Labute approximate surface area is 105 Å². The Morgan fingerprint density at radius 3 is 2.00 bits per heavy atom. The quantitative estimate of drug-likeness (QED) is 0.798. The highest BCUT2D eigenvalue weighted by molar-refractivity contribution is 7.85. The number of para-hydroxylation sites is 1. The summed E-state index contributed by atoms with van der Waals surface area (Å²) < 4.78 is 38.9. The number of ether oxygens (including phenoxy) is 1. The van der Waals surface area contributed by atoms with Crippen LogP contribution >= 0.6 is 0 Å². The average molecular weight is 266 g/mol. The first kappa shape index (κ1) is 12.6. The van der Waals surface area contributed by atoms with Gasteiger partial charge in [0.05, 0.1) is 0 Å². The van der Waals surface area contributed by atoms with E-state index in [0.29, 0.717) is 17.1 Å². The molecule has 2 aromatic rings. The molecule has 94 valence electrons. The van der Waals surface area contributed by atoms with Crippen LogP contribution in [-0.2, 0) is 16.0 Å². The average Bonchev–Trinajstić information content (AvgIpc) is 2.31. The predicted molar refractivity (Wildman–Crippen MR) is 66.7 cm³/mol. The van der Waals surface area contributed by atoms with Crippen LogP contribution in [0.5, 0.6) is 11.5 Å². The van der Waals surface area contributed by atoms with E-state index in [2.05, 4.69) is 0 Å². The van der Waals surface area contributed by atoms with E-state index in [0.717, 1.165) is 0 Å². The van der Waals surface area contributed by atoms with E-state index in [1.807, 2.05) is 18.2 Å². The van der Waals surface area contributed by atoms with E-state index in [-0.39, 0.29) is 0 Å². The van der Waals surface area contributed by atoms with Crippen molar-refractivity contribution in [2.75, 3.05) is 0 Å². The molecule has 0 aliphatic rings. The van der Waals surface area contributed by atoms with Gasteiger partial charge in [-0.25, -0.2) is 0 Å². The molecule has 2 aromatic carbocycles. The predicted octanol–water partition coefficient (Wildman–Crippen LogP) is 3.28. The zero-order valence-electron chi connectivity index (χ0n) is 9.41. The van der Waals surface area contributed by atoms with Crippen LogP contribution in [0.4, 0.5) is 3.89 Å². The topological polar surface area (TPSA) is 43.4 Å². The monoisotopic (exact) mass is 266 g/mol. The zero-order valence-corrected chi connectivity index (χ0v) is 10.2. The zero-order chi connectivity index (χ0) is 13.0. The lowest BCUT2D eigenvalue weighted by molar-refractivity contribution is 0.482. The molecule has 0 N–H and O–H groups in total. The van der Waals surface area contributed by atoms with E-state index < -0.39 is 16.0 Å². The Kier molecular flexibility index (Phi) is 3.62. The van der Waals surface area contributed by atoms with E-state index in [1.165, 1.54) is 12.1 Å². The number of rotatable bonds is 4. The van der Waals surface area contributed by atoms with Crippen LogP contribution in [0.1, 0.15) is 5.56 Å². The van der Waals surface area contributed by atoms with Gasteiger partial charge >= 0.3 is 10.2 Å². The second-order valence-corrected chi connectivity index (χ2v) is 5.11. The normalized spacial score (nSPS) is 11.2. The van der Waals surface area contributed by atoms with Crippen molar-refractivity contribution >= 4 is 10.2 Å². The molecule has 0 unspecified atom stereocenters. The summed E-state index contributed by atoms with van der Waals surface area (Å²) >= 11 is 0. The maximum atomic E-state index is 12.5. The van der Waals surface area contributed by atoms with E-state index in [1.54, 1.807) is 24.3 Å². The molecule has 0 fully saturated rings. The summed E-state index contributed by atoms with van der Waals surface area (Å²) in [6, 6.07) is 15.4. The lowest BCUT2D eigenvalue weighted by Gasteiger charge is -2.05. The van der Waals surface area contributed by atoms with Gasteiger partial charge in [-0.15, -0.1) is 3.89 Å². The molecule has 0 radical (unpaired) electrons. The molecule has 3 nitrogen and oxygen atoms in total. The lowest BCUT2D eigenvalue weighted by Crippen LogP contribution is -1.95. The van der Waals surface area contributed by atoms with Gasteiger partial charge in [-0.1, -0.05) is 30.3 Å². The van der Waals surface area contributed by atoms with Gasteiger partial charge in [-0.2, -0.15) is 8.42 Å². The van der Waals surface area contributed by atoms with E-state index in [9.17, 15) is 12.3 Å². The minimum atomic E-state index is -4.49. The van der Waals surface area contributed by atoms with Gasteiger partial charge in [-0.05, 0) is 29.8 Å². The summed E-state index contributed by atoms with van der Waals surface area (Å²) in [6.45, 7) is 0. The third-order valence-electron chi connectivity index (χ3n) is 2.24. The summed E-state index contributed by atoms with van der Waals surface area (Å²) in [6.07, 6.45) is 0. The summed E-state index contributed by atoms with van der Waals surface area (Å²) in [5.74, 6) is 0.642. The fourth-order valence-corrected chi connectivity index (χ4v) is 2.07. The van der Waals surface area contributed by atoms with Gasteiger partial charge in [0.2, 0.25) is 0 Å². The molecule has 0 heterocycles. The highest BCUT2D eigenvalue weighted by Gasteiger charge is 2.08. The molecule has 0 aliphatic carbocycles. The highest BCUT2D eigenvalue weighted by Crippen LogP contribution is 2.21. The highest BCUT2D eigenvalue weighted by atomic mass is 32.3. The van der Waals surface area contributed by atoms with E-state index in [4.69, 9.17) is 4.74 Å². The van der Waals surface area contributed by atoms with Crippen molar-refractivity contribution in [2.24, 2.45) is 0 Å². The smallest absolute Gasteiger partial charge is 0.306 e. The maximum absolute atomic E-state index is 12.5. The van der Waals surface area contributed by atoms with Crippen LogP contribution in [-0.4, -0.2) is 8.42 Å². The second-order valence-electron chi connectivity index (χ2n) is 3.74. The Balaban J connectivity index is 2.09. The molecule has 0 saturated heterocycles. The third-order valence-corrected chi connectivity index (χ3v) is 2.92. The Hall–Kier alpha value is -1.88. The standard InChI is InChI=1S/C13H11FO3S/c14-18(15,16)10-11-6-8-13(9-7-11)17-12-4-2-1-3-5-12/h1-9H,10H2. The van der Waals surface area contributed by atoms with Crippen LogP contribution < -0.4 is 4.74 Å². The Morgan fingerprint density at radius 2 is 1.44 bits per heavy atom. The van der Waals surface area contributed by atoms with Crippen molar-refractivity contribution in [1.29, 1.82) is 0 Å². The molecule has 18 heavy (non-hydrogen) atoms. The molecule has 2 rings (SSSR count). The lowest BCUT2D eigenvalue weighted by atomic mass is 10.2. The first-order chi connectivity index (χ1) is 8.53. The van der Waals surface area contributed by atoms with Crippen LogP contribution in [0.15, 0.2) is 54.6 Å². The van der Waals surface area contributed by atoms with Crippen LogP contribution in [0.2, 0.25) is 0 Å². The molecule has 5 heteroatoms. The largest absolute Gasteiger partial charge is 0.457 e. The summed E-state index contributed by atoms with van der Waals surface area (Å²) in [4.78, 5) is 0. The molecule has 0 atom stereocenters. The molecule has 0 saturated carbocycles. The molecule has 0 aliphatic heterocycles. The second kappa shape index (κ2) is 5.18. The van der Waals surface area contributed by atoms with E-state index >= 15 is 0 Å². The summed E-state index contributed by atoms with van der Waals surface area (Å²) in [5, 5.41) is 0. The van der Waals surface area contributed by atoms with Crippen molar-refractivity contribution in [3.63, 3.8) is 0 Å². The van der Waals surface area contributed by atoms with Crippen LogP contribution in [0.3, 0.4) is 0 Å². The van der Waals surface area contributed by atoms with Crippen LogP contribution in [0.25, 0.3) is 0 Å². The first-order valence-corrected chi connectivity index (χ1v) is 6.82. The Morgan fingerprint density at radius 1 is 0.889 bits per heavy atom. The summed E-state index contributed by atoms with van der Waals surface area (Å²) in [7, 11) is -4.49. The number of benzene rings is 2. The SMILES string of the molecule is O=S(=O)(F)Cc1ccc(Oc2ccccc2)cc1. The maximum Gasteiger partial charge on any atom is 0.306 e. The van der Waals surface area contributed by atoms with Crippen LogP contribution in [0, 0.1) is 0 Å². The minimum Gasteiger partial charge on any atom is -0.457 e. The fraction of sp³-hybridized carbons (Fsp3) is 0.0769. The molecule has 0 aromatic heterocycles. The first-order valence-electron chi connectivity index (χ1n) is 5.27.